The molecule has 5 nitrogen and oxygen atoms in total. The van der Waals surface area contributed by atoms with Gasteiger partial charge in [-0.15, -0.1) is 0 Å². The lowest BCUT2D eigenvalue weighted by Gasteiger charge is -2.09. The molecular weight excluding hydrogens is 226 g/mol. The topological polar surface area (TPSA) is 66.5 Å². The Bertz CT molecular complexity index is 606. The van der Waals surface area contributed by atoms with Crippen LogP contribution in [-0.4, -0.2) is 14.8 Å². The Labute approximate surface area is 106 Å². The molecule has 0 saturated heterocycles. The number of nitrogens with zero attached hydrogens (tertiary/aromatic N) is 4. The van der Waals surface area contributed by atoms with E-state index in [1.54, 1.807) is 4.68 Å². The van der Waals surface area contributed by atoms with E-state index in [9.17, 15) is 0 Å². The van der Waals surface area contributed by atoms with Gasteiger partial charge in [0.15, 0.2) is 0 Å². The number of nitriles is 1. The average Bonchev–Trinajstić information content (AvgIpc) is 2.72. The van der Waals surface area contributed by atoms with Crippen molar-refractivity contribution in [1.29, 1.82) is 5.26 Å². The molecule has 0 aliphatic carbocycles. The monoisotopic (exact) mass is 241 g/mol. The Morgan fingerprint density at radius 3 is 2.83 bits per heavy atom. The van der Waals surface area contributed by atoms with Crippen LogP contribution in [0.4, 0.5) is 5.82 Å². The molecule has 0 fully saturated rings. The Kier molecular flexibility index (Phi) is 3.28. The van der Waals surface area contributed by atoms with E-state index in [0.717, 1.165) is 17.0 Å². The molecule has 0 spiro atoms. The van der Waals surface area contributed by atoms with Gasteiger partial charge in [0.25, 0.3) is 0 Å². The van der Waals surface area contributed by atoms with Crippen molar-refractivity contribution < 1.29 is 0 Å². The SMILES string of the molecule is Cc1cc(C)c(C#N)c(NCc2ccn(C)n2)n1. The number of nitrogens with one attached hydrogen (secondary N) is 1. The van der Waals surface area contributed by atoms with Gasteiger partial charge >= 0.3 is 0 Å². The van der Waals surface area contributed by atoms with Crippen LogP contribution in [0.15, 0.2) is 18.3 Å². The predicted octanol–water partition coefficient (Wildman–Crippen LogP) is 1.92. The third-order valence-electron chi connectivity index (χ3n) is 2.66. The highest BCUT2D eigenvalue weighted by atomic mass is 15.3. The van der Waals surface area contributed by atoms with Crippen LogP contribution in [0.1, 0.15) is 22.5 Å². The highest BCUT2D eigenvalue weighted by molar-refractivity contribution is 5.56. The molecule has 0 amide bonds. The Morgan fingerprint density at radius 2 is 2.22 bits per heavy atom. The van der Waals surface area contributed by atoms with Crippen molar-refractivity contribution >= 4 is 5.82 Å². The molecule has 5 heteroatoms. The summed E-state index contributed by atoms with van der Waals surface area (Å²) >= 11 is 0. The van der Waals surface area contributed by atoms with Gasteiger partial charge in [-0.2, -0.15) is 10.4 Å². The van der Waals surface area contributed by atoms with Crippen molar-refractivity contribution in [2.45, 2.75) is 20.4 Å². The van der Waals surface area contributed by atoms with Crippen LogP contribution in [-0.2, 0) is 13.6 Å². The minimum Gasteiger partial charge on any atom is -0.363 e. The van der Waals surface area contributed by atoms with Crippen LogP contribution in [0.2, 0.25) is 0 Å². The summed E-state index contributed by atoms with van der Waals surface area (Å²) in [6.07, 6.45) is 1.89. The Balaban J connectivity index is 2.21. The van der Waals surface area contributed by atoms with Crippen molar-refractivity contribution in [1.82, 2.24) is 14.8 Å². The number of hydrogen-bond acceptors (Lipinski definition) is 4. The largest absolute Gasteiger partial charge is 0.363 e. The van der Waals surface area contributed by atoms with Gasteiger partial charge in [0.05, 0.1) is 17.8 Å². The number of aromatic nitrogens is 3. The molecule has 18 heavy (non-hydrogen) atoms. The van der Waals surface area contributed by atoms with Crippen molar-refractivity contribution in [2.75, 3.05) is 5.32 Å². The molecule has 0 radical (unpaired) electrons. The number of hydrogen-bond donors (Lipinski definition) is 1. The lowest BCUT2D eigenvalue weighted by Crippen LogP contribution is -2.06. The lowest BCUT2D eigenvalue weighted by atomic mass is 10.1. The van der Waals surface area contributed by atoms with E-state index in [-0.39, 0.29) is 0 Å². The maximum atomic E-state index is 9.14. The fourth-order valence-corrected chi connectivity index (χ4v) is 1.84. The molecule has 1 N–H and O–H groups in total. The van der Waals surface area contributed by atoms with E-state index in [4.69, 9.17) is 5.26 Å². The van der Waals surface area contributed by atoms with Crippen molar-refractivity contribution in [3.8, 4) is 6.07 Å². The summed E-state index contributed by atoms with van der Waals surface area (Å²) in [4.78, 5) is 4.36. The van der Waals surface area contributed by atoms with Gasteiger partial charge in [-0.25, -0.2) is 4.98 Å². The molecule has 0 unspecified atom stereocenters. The van der Waals surface area contributed by atoms with Crippen LogP contribution in [0.3, 0.4) is 0 Å². The standard InChI is InChI=1S/C13H15N5/c1-9-6-10(2)16-13(12(9)7-14)15-8-11-4-5-18(3)17-11/h4-6H,8H2,1-3H3,(H,15,16). The number of aryl methyl sites for hydroxylation is 3. The predicted molar refractivity (Wildman–Crippen MR) is 69.0 cm³/mol. The maximum Gasteiger partial charge on any atom is 0.144 e. The first-order chi connectivity index (χ1) is 8.60. The molecule has 2 aromatic rings. The van der Waals surface area contributed by atoms with Crippen molar-refractivity contribution in [3.05, 3.63) is 40.8 Å². The number of anilines is 1. The Morgan fingerprint density at radius 1 is 1.44 bits per heavy atom. The van der Waals surface area contributed by atoms with Gasteiger partial charge in [-0.3, -0.25) is 4.68 Å². The molecule has 0 aromatic carbocycles. The van der Waals surface area contributed by atoms with Gasteiger partial charge in [-0.05, 0) is 31.5 Å². The zero-order valence-corrected chi connectivity index (χ0v) is 10.7. The van der Waals surface area contributed by atoms with E-state index in [1.807, 2.05) is 39.2 Å². The van der Waals surface area contributed by atoms with Crippen molar-refractivity contribution in [3.63, 3.8) is 0 Å². The summed E-state index contributed by atoms with van der Waals surface area (Å²) in [6.45, 7) is 4.39. The summed E-state index contributed by atoms with van der Waals surface area (Å²) in [5.41, 5.74) is 3.35. The first kappa shape index (κ1) is 12.1. The van der Waals surface area contributed by atoms with Crippen LogP contribution in [0.25, 0.3) is 0 Å². The summed E-state index contributed by atoms with van der Waals surface area (Å²) < 4.78 is 1.75. The van der Waals surface area contributed by atoms with Crippen LogP contribution in [0, 0.1) is 25.2 Å². The van der Waals surface area contributed by atoms with E-state index < -0.39 is 0 Å². The smallest absolute Gasteiger partial charge is 0.144 e. The molecule has 0 bridgehead atoms. The van der Waals surface area contributed by atoms with Crippen LogP contribution in [0.5, 0.6) is 0 Å². The maximum absolute atomic E-state index is 9.14. The zero-order valence-electron chi connectivity index (χ0n) is 10.7. The minimum absolute atomic E-state index is 0.561. The number of pyridine rings is 1. The van der Waals surface area contributed by atoms with E-state index >= 15 is 0 Å². The van der Waals surface area contributed by atoms with Gasteiger partial charge < -0.3 is 5.32 Å². The average molecular weight is 241 g/mol. The molecular formula is C13H15N5. The molecule has 0 aliphatic rings. The van der Waals surface area contributed by atoms with E-state index in [2.05, 4.69) is 21.5 Å². The lowest BCUT2D eigenvalue weighted by molar-refractivity contribution is 0.747. The first-order valence-corrected chi connectivity index (χ1v) is 5.71. The normalized spacial score (nSPS) is 10.1. The minimum atomic E-state index is 0.561. The second-order valence-electron chi connectivity index (χ2n) is 4.25. The van der Waals surface area contributed by atoms with E-state index in [0.29, 0.717) is 17.9 Å². The highest BCUT2D eigenvalue weighted by Gasteiger charge is 2.08. The molecule has 2 heterocycles. The third kappa shape index (κ3) is 2.48. The third-order valence-corrected chi connectivity index (χ3v) is 2.66. The van der Waals surface area contributed by atoms with Gasteiger partial charge in [-0.1, -0.05) is 0 Å². The second kappa shape index (κ2) is 4.88. The summed E-state index contributed by atoms with van der Waals surface area (Å²) in [7, 11) is 1.87. The molecule has 0 saturated carbocycles. The Hall–Kier alpha value is -2.35. The number of rotatable bonds is 3. The van der Waals surface area contributed by atoms with Gasteiger partial charge in [0.1, 0.15) is 11.9 Å². The summed E-state index contributed by atoms with van der Waals surface area (Å²) in [5, 5.41) is 16.6. The zero-order chi connectivity index (χ0) is 13.1. The molecule has 0 aliphatic heterocycles. The highest BCUT2D eigenvalue weighted by Crippen LogP contribution is 2.17. The molecule has 2 aromatic heterocycles. The van der Waals surface area contributed by atoms with Crippen molar-refractivity contribution in [2.24, 2.45) is 7.05 Å². The fraction of sp³-hybridized carbons (Fsp3) is 0.308. The summed E-state index contributed by atoms with van der Waals surface area (Å²) in [5.74, 6) is 0.626. The summed E-state index contributed by atoms with van der Waals surface area (Å²) in [6, 6.07) is 6.02. The second-order valence-corrected chi connectivity index (χ2v) is 4.25. The van der Waals surface area contributed by atoms with Crippen LogP contribution >= 0.6 is 0 Å². The quantitative estimate of drug-likeness (QED) is 0.891. The van der Waals surface area contributed by atoms with Crippen LogP contribution < -0.4 is 5.32 Å². The fourth-order valence-electron chi connectivity index (χ4n) is 1.84. The van der Waals surface area contributed by atoms with Gasteiger partial charge in [0.2, 0.25) is 0 Å². The van der Waals surface area contributed by atoms with E-state index in [1.165, 1.54) is 0 Å². The molecule has 0 atom stereocenters. The molecule has 92 valence electrons. The van der Waals surface area contributed by atoms with Gasteiger partial charge in [0, 0.05) is 18.9 Å². The first-order valence-electron chi connectivity index (χ1n) is 5.71. The molecule has 2 rings (SSSR count).